The Kier molecular flexibility index (Phi) is 4.82. The van der Waals surface area contributed by atoms with E-state index in [1.165, 1.54) is 6.07 Å². The smallest absolute Gasteiger partial charge is 0.262 e. The molecule has 21 heavy (non-hydrogen) atoms. The molecule has 5 nitrogen and oxygen atoms in total. The number of sulfonamides is 1. The van der Waals surface area contributed by atoms with Crippen molar-refractivity contribution in [2.24, 2.45) is 5.73 Å². The van der Waals surface area contributed by atoms with E-state index in [1.807, 2.05) is 6.92 Å². The van der Waals surface area contributed by atoms with Crippen LogP contribution in [0.15, 0.2) is 53.4 Å². The molecule has 112 valence electrons. The van der Waals surface area contributed by atoms with Gasteiger partial charge in [-0.3, -0.25) is 4.72 Å². The van der Waals surface area contributed by atoms with Gasteiger partial charge in [-0.05, 0) is 30.7 Å². The SMILES string of the molecule is CCOc1ccccc1NS(=O)(=O)c1ccccc1CN. The number of para-hydroxylation sites is 2. The summed E-state index contributed by atoms with van der Waals surface area (Å²) >= 11 is 0. The minimum atomic E-state index is -3.71. The van der Waals surface area contributed by atoms with Gasteiger partial charge in [0.15, 0.2) is 0 Å². The van der Waals surface area contributed by atoms with Gasteiger partial charge in [-0.1, -0.05) is 30.3 Å². The molecule has 0 aliphatic rings. The van der Waals surface area contributed by atoms with Gasteiger partial charge < -0.3 is 10.5 Å². The lowest BCUT2D eigenvalue weighted by Crippen LogP contribution is -2.16. The molecule has 0 bridgehead atoms. The molecule has 0 aliphatic carbocycles. The normalized spacial score (nSPS) is 11.1. The second-order valence-electron chi connectivity index (χ2n) is 4.35. The first kappa shape index (κ1) is 15.3. The summed E-state index contributed by atoms with van der Waals surface area (Å²) in [5, 5.41) is 0. The molecular formula is C15H18N2O3S. The Morgan fingerprint density at radius 1 is 1.10 bits per heavy atom. The highest BCUT2D eigenvalue weighted by atomic mass is 32.2. The van der Waals surface area contributed by atoms with E-state index in [0.717, 1.165) is 0 Å². The molecular weight excluding hydrogens is 288 g/mol. The number of anilines is 1. The van der Waals surface area contributed by atoms with E-state index in [1.54, 1.807) is 42.5 Å². The van der Waals surface area contributed by atoms with Crippen LogP contribution in [-0.2, 0) is 16.6 Å². The van der Waals surface area contributed by atoms with Gasteiger partial charge in [0, 0.05) is 6.54 Å². The standard InChI is InChI=1S/C15H18N2O3S/c1-2-20-14-9-5-4-8-13(14)17-21(18,19)15-10-6-3-7-12(15)11-16/h3-10,17H,2,11,16H2,1H3. The zero-order valence-corrected chi connectivity index (χ0v) is 12.6. The summed E-state index contributed by atoms with van der Waals surface area (Å²) in [5.41, 5.74) is 6.58. The van der Waals surface area contributed by atoms with Crippen molar-refractivity contribution in [2.45, 2.75) is 18.4 Å². The van der Waals surface area contributed by atoms with Crippen molar-refractivity contribution >= 4 is 15.7 Å². The first-order valence-electron chi connectivity index (χ1n) is 6.61. The predicted octanol–water partition coefficient (Wildman–Crippen LogP) is 2.34. The Morgan fingerprint density at radius 3 is 2.48 bits per heavy atom. The van der Waals surface area contributed by atoms with Crippen molar-refractivity contribution in [2.75, 3.05) is 11.3 Å². The zero-order chi connectivity index (χ0) is 15.3. The number of nitrogens with two attached hydrogens (primary N) is 1. The first-order chi connectivity index (χ1) is 10.1. The van der Waals surface area contributed by atoms with E-state index in [4.69, 9.17) is 10.5 Å². The van der Waals surface area contributed by atoms with Gasteiger partial charge in [-0.15, -0.1) is 0 Å². The maximum absolute atomic E-state index is 12.5. The summed E-state index contributed by atoms with van der Waals surface area (Å²) in [5.74, 6) is 0.494. The Bertz CT molecular complexity index is 714. The highest BCUT2D eigenvalue weighted by Crippen LogP contribution is 2.27. The molecule has 2 rings (SSSR count). The lowest BCUT2D eigenvalue weighted by molar-refractivity contribution is 0.342. The highest BCUT2D eigenvalue weighted by Gasteiger charge is 2.19. The Balaban J connectivity index is 2.38. The minimum Gasteiger partial charge on any atom is -0.492 e. The van der Waals surface area contributed by atoms with Gasteiger partial charge in [0.25, 0.3) is 10.0 Å². The topological polar surface area (TPSA) is 81.4 Å². The third kappa shape index (κ3) is 3.53. The molecule has 0 aliphatic heterocycles. The summed E-state index contributed by atoms with van der Waals surface area (Å²) < 4.78 is 33.0. The molecule has 0 heterocycles. The van der Waals surface area contributed by atoms with Gasteiger partial charge in [-0.25, -0.2) is 8.42 Å². The molecule has 0 spiro atoms. The van der Waals surface area contributed by atoms with Crippen LogP contribution in [0, 0.1) is 0 Å². The first-order valence-corrected chi connectivity index (χ1v) is 8.09. The predicted molar refractivity (Wildman–Crippen MR) is 82.8 cm³/mol. The van der Waals surface area contributed by atoms with Gasteiger partial charge in [0.1, 0.15) is 5.75 Å². The largest absolute Gasteiger partial charge is 0.492 e. The number of benzene rings is 2. The molecule has 6 heteroatoms. The van der Waals surface area contributed by atoms with Gasteiger partial charge in [0.2, 0.25) is 0 Å². The maximum atomic E-state index is 12.5. The molecule has 0 saturated heterocycles. The van der Waals surface area contributed by atoms with E-state index in [0.29, 0.717) is 23.6 Å². The second-order valence-corrected chi connectivity index (χ2v) is 6.00. The molecule has 0 radical (unpaired) electrons. The summed E-state index contributed by atoms with van der Waals surface area (Å²) in [7, 11) is -3.71. The van der Waals surface area contributed by atoms with Gasteiger partial charge >= 0.3 is 0 Å². The van der Waals surface area contributed by atoms with Crippen LogP contribution in [0.5, 0.6) is 5.75 Å². The molecule has 0 aromatic heterocycles. The fraction of sp³-hybridized carbons (Fsp3) is 0.200. The molecule has 0 unspecified atom stereocenters. The molecule has 0 saturated carbocycles. The van der Waals surface area contributed by atoms with Crippen LogP contribution in [-0.4, -0.2) is 15.0 Å². The molecule has 2 aromatic rings. The van der Waals surface area contributed by atoms with Crippen molar-refractivity contribution < 1.29 is 13.2 Å². The van der Waals surface area contributed by atoms with Crippen molar-refractivity contribution in [3.05, 3.63) is 54.1 Å². The van der Waals surface area contributed by atoms with E-state index < -0.39 is 10.0 Å². The molecule has 2 aromatic carbocycles. The van der Waals surface area contributed by atoms with Crippen LogP contribution in [0.1, 0.15) is 12.5 Å². The summed E-state index contributed by atoms with van der Waals surface area (Å²) in [6.07, 6.45) is 0. The lowest BCUT2D eigenvalue weighted by atomic mass is 10.2. The van der Waals surface area contributed by atoms with Crippen LogP contribution in [0.3, 0.4) is 0 Å². The monoisotopic (exact) mass is 306 g/mol. The van der Waals surface area contributed by atoms with Crippen molar-refractivity contribution in [3.8, 4) is 5.75 Å². The minimum absolute atomic E-state index is 0.157. The number of ether oxygens (including phenoxy) is 1. The summed E-state index contributed by atoms with van der Waals surface area (Å²) in [6, 6.07) is 13.6. The zero-order valence-electron chi connectivity index (χ0n) is 11.7. The van der Waals surface area contributed by atoms with Crippen molar-refractivity contribution in [1.82, 2.24) is 0 Å². The van der Waals surface area contributed by atoms with Crippen LogP contribution < -0.4 is 15.2 Å². The van der Waals surface area contributed by atoms with Crippen LogP contribution >= 0.6 is 0 Å². The van der Waals surface area contributed by atoms with E-state index >= 15 is 0 Å². The average Bonchev–Trinajstić information content (AvgIpc) is 2.49. The van der Waals surface area contributed by atoms with Crippen molar-refractivity contribution in [1.29, 1.82) is 0 Å². The van der Waals surface area contributed by atoms with E-state index in [9.17, 15) is 8.42 Å². The number of nitrogens with one attached hydrogen (secondary N) is 1. The molecule has 0 atom stereocenters. The van der Waals surface area contributed by atoms with E-state index in [-0.39, 0.29) is 11.4 Å². The molecule has 0 fully saturated rings. The second kappa shape index (κ2) is 6.60. The summed E-state index contributed by atoms with van der Waals surface area (Å²) in [6.45, 7) is 2.46. The fourth-order valence-electron chi connectivity index (χ4n) is 1.97. The van der Waals surface area contributed by atoms with Gasteiger partial charge in [0.05, 0.1) is 17.2 Å². The Morgan fingerprint density at radius 2 is 1.76 bits per heavy atom. The quantitative estimate of drug-likeness (QED) is 0.858. The lowest BCUT2D eigenvalue weighted by Gasteiger charge is -2.14. The number of hydrogen-bond donors (Lipinski definition) is 2. The van der Waals surface area contributed by atoms with Gasteiger partial charge in [-0.2, -0.15) is 0 Å². The third-order valence-electron chi connectivity index (χ3n) is 2.91. The molecule has 3 N–H and O–H groups in total. The van der Waals surface area contributed by atoms with Crippen LogP contribution in [0.4, 0.5) is 5.69 Å². The molecule has 0 amide bonds. The Labute approximate surface area is 124 Å². The summed E-state index contributed by atoms with van der Waals surface area (Å²) in [4.78, 5) is 0.179. The average molecular weight is 306 g/mol. The number of rotatable bonds is 6. The number of hydrogen-bond acceptors (Lipinski definition) is 4. The van der Waals surface area contributed by atoms with E-state index in [2.05, 4.69) is 4.72 Å². The fourth-order valence-corrected chi connectivity index (χ4v) is 3.29. The van der Waals surface area contributed by atoms with Crippen LogP contribution in [0.2, 0.25) is 0 Å². The third-order valence-corrected chi connectivity index (χ3v) is 4.38. The highest BCUT2D eigenvalue weighted by molar-refractivity contribution is 7.92. The van der Waals surface area contributed by atoms with Crippen molar-refractivity contribution in [3.63, 3.8) is 0 Å². The maximum Gasteiger partial charge on any atom is 0.262 e. The van der Waals surface area contributed by atoms with Crippen LogP contribution in [0.25, 0.3) is 0 Å². The Hall–Kier alpha value is -2.05.